The van der Waals surface area contributed by atoms with Crippen molar-refractivity contribution in [2.24, 2.45) is 0 Å². The second-order valence-electron chi connectivity index (χ2n) is 3.25. The molecule has 0 aromatic rings. The lowest BCUT2D eigenvalue weighted by atomic mass is 9.96. The number of halogens is 1. The molecule has 6 heteroatoms. The Morgan fingerprint density at radius 2 is 1.85 bits per heavy atom. The van der Waals surface area contributed by atoms with Crippen LogP contribution in [0.5, 0.6) is 0 Å². The normalized spacial score (nSPS) is 52.2. The van der Waals surface area contributed by atoms with Crippen LogP contribution in [0.1, 0.15) is 6.92 Å². The maximum Gasteiger partial charge on any atom is 0.167 e. The lowest BCUT2D eigenvalue weighted by Crippen LogP contribution is -2.61. The van der Waals surface area contributed by atoms with Gasteiger partial charge in [0.1, 0.15) is 24.4 Å². The Labute approximate surface area is 80.5 Å². The highest BCUT2D eigenvalue weighted by Gasteiger charge is 2.49. The highest BCUT2D eigenvalue weighted by molar-refractivity contribution is 6.23. The third-order valence-corrected chi connectivity index (χ3v) is 2.46. The number of rotatable bonds is 1. The van der Waals surface area contributed by atoms with E-state index in [1.54, 1.807) is 0 Å². The van der Waals surface area contributed by atoms with Gasteiger partial charge < -0.3 is 25.2 Å². The Morgan fingerprint density at radius 3 is 2.31 bits per heavy atom. The molecule has 0 aromatic heterocycles. The van der Waals surface area contributed by atoms with E-state index >= 15 is 0 Å². The van der Waals surface area contributed by atoms with Crippen LogP contribution in [0.4, 0.5) is 0 Å². The molecule has 1 fully saturated rings. The van der Waals surface area contributed by atoms with Crippen LogP contribution in [0, 0.1) is 0 Å². The molecule has 1 aliphatic rings. The van der Waals surface area contributed by atoms with Gasteiger partial charge in [0.05, 0.1) is 6.61 Å². The standard InChI is InChI=1S/C7H13ClO5/c1-7(8)6(12)5(11)4(10)3(2-9)13-7/h3-6,9-12H,2H2,1H3/t3-,4-,5+,6-,7?/m1/s1. The summed E-state index contributed by atoms with van der Waals surface area (Å²) in [6.07, 6.45) is -5.09. The van der Waals surface area contributed by atoms with Gasteiger partial charge in [-0.1, -0.05) is 11.6 Å². The summed E-state index contributed by atoms with van der Waals surface area (Å²) in [4.78, 5) is 0. The van der Waals surface area contributed by atoms with E-state index in [4.69, 9.17) is 21.4 Å². The number of aliphatic hydroxyl groups excluding tert-OH is 4. The van der Waals surface area contributed by atoms with Crippen molar-refractivity contribution in [3.63, 3.8) is 0 Å². The van der Waals surface area contributed by atoms with E-state index in [1.165, 1.54) is 6.92 Å². The van der Waals surface area contributed by atoms with E-state index in [1.807, 2.05) is 0 Å². The van der Waals surface area contributed by atoms with Crippen molar-refractivity contribution in [1.82, 2.24) is 0 Å². The largest absolute Gasteiger partial charge is 0.394 e. The minimum absolute atomic E-state index is 0.465. The van der Waals surface area contributed by atoms with Crippen LogP contribution in [0.2, 0.25) is 0 Å². The van der Waals surface area contributed by atoms with Crippen molar-refractivity contribution in [1.29, 1.82) is 0 Å². The van der Waals surface area contributed by atoms with Crippen LogP contribution in [-0.2, 0) is 4.74 Å². The summed E-state index contributed by atoms with van der Waals surface area (Å²) in [5.41, 5.74) is 0. The van der Waals surface area contributed by atoms with Crippen molar-refractivity contribution in [3.05, 3.63) is 0 Å². The van der Waals surface area contributed by atoms with Crippen LogP contribution in [-0.4, -0.2) is 56.5 Å². The van der Waals surface area contributed by atoms with E-state index in [0.717, 1.165) is 0 Å². The molecule has 0 saturated carbocycles. The van der Waals surface area contributed by atoms with Gasteiger partial charge >= 0.3 is 0 Å². The minimum atomic E-state index is -1.48. The monoisotopic (exact) mass is 212 g/mol. The SMILES string of the molecule is CC1(Cl)O[C@H](CO)[C@@H](O)[C@H](O)[C@H]1O. The molecule has 1 saturated heterocycles. The van der Waals surface area contributed by atoms with E-state index in [0.29, 0.717) is 0 Å². The Morgan fingerprint density at radius 1 is 1.31 bits per heavy atom. The maximum absolute atomic E-state index is 9.34. The van der Waals surface area contributed by atoms with Gasteiger partial charge in [-0.15, -0.1) is 0 Å². The Bertz CT molecular complexity index is 184. The first-order chi connectivity index (χ1) is 5.90. The van der Waals surface area contributed by atoms with Gasteiger partial charge in [-0.3, -0.25) is 0 Å². The van der Waals surface area contributed by atoms with Gasteiger partial charge in [0, 0.05) is 0 Å². The molecule has 0 spiro atoms. The molecule has 78 valence electrons. The van der Waals surface area contributed by atoms with Crippen molar-refractivity contribution in [2.75, 3.05) is 6.61 Å². The topological polar surface area (TPSA) is 90.2 Å². The van der Waals surface area contributed by atoms with E-state index in [-0.39, 0.29) is 0 Å². The van der Waals surface area contributed by atoms with Crippen LogP contribution in [0.25, 0.3) is 0 Å². The molecule has 0 aliphatic carbocycles. The first-order valence-corrected chi connectivity index (χ1v) is 4.29. The second kappa shape index (κ2) is 3.68. The fourth-order valence-corrected chi connectivity index (χ4v) is 1.54. The molecule has 0 amide bonds. The third kappa shape index (κ3) is 1.96. The van der Waals surface area contributed by atoms with Gasteiger partial charge in [0.25, 0.3) is 0 Å². The Hall–Kier alpha value is 0.0900. The fourth-order valence-electron chi connectivity index (χ4n) is 1.29. The highest BCUT2D eigenvalue weighted by atomic mass is 35.5. The van der Waals surface area contributed by atoms with Gasteiger partial charge in [-0.2, -0.15) is 0 Å². The Kier molecular flexibility index (Phi) is 3.16. The van der Waals surface area contributed by atoms with Crippen molar-refractivity contribution >= 4 is 11.6 Å². The molecule has 0 bridgehead atoms. The number of hydrogen-bond donors (Lipinski definition) is 4. The first-order valence-electron chi connectivity index (χ1n) is 3.92. The number of hydrogen-bond acceptors (Lipinski definition) is 5. The predicted octanol–water partition coefficient (Wildman–Crippen LogP) is -1.58. The third-order valence-electron chi connectivity index (χ3n) is 2.14. The molecule has 13 heavy (non-hydrogen) atoms. The lowest BCUT2D eigenvalue weighted by molar-refractivity contribution is -0.239. The summed E-state index contributed by atoms with van der Waals surface area (Å²) in [6.45, 7) is 0.893. The molecule has 4 N–H and O–H groups in total. The van der Waals surface area contributed by atoms with Crippen molar-refractivity contribution < 1.29 is 25.2 Å². The zero-order valence-corrected chi connectivity index (χ0v) is 7.85. The summed E-state index contributed by atoms with van der Waals surface area (Å²) in [7, 11) is 0. The molecule has 1 unspecified atom stereocenters. The van der Waals surface area contributed by atoms with Crippen LogP contribution in [0.3, 0.4) is 0 Å². The van der Waals surface area contributed by atoms with E-state index < -0.39 is 36.1 Å². The summed E-state index contributed by atoms with van der Waals surface area (Å²) < 4.78 is 4.97. The second-order valence-corrected chi connectivity index (χ2v) is 4.00. The summed E-state index contributed by atoms with van der Waals surface area (Å²) in [5, 5.41) is 35.2. The Balaban J connectivity index is 2.79. The zero-order valence-electron chi connectivity index (χ0n) is 7.09. The van der Waals surface area contributed by atoms with Crippen LogP contribution in [0.15, 0.2) is 0 Å². The minimum Gasteiger partial charge on any atom is -0.394 e. The van der Waals surface area contributed by atoms with Crippen LogP contribution < -0.4 is 0 Å². The van der Waals surface area contributed by atoms with Gasteiger partial charge in [-0.25, -0.2) is 0 Å². The first kappa shape index (κ1) is 11.2. The molecule has 1 aliphatic heterocycles. The number of ether oxygens (including phenoxy) is 1. The molecule has 1 rings (SSSR count). The summed E-state index contributed by atoms with van der Waals surface area (Å²) in [6, 6.07) is 0. The van der Waals surface area contributed by atoms with E-state index in [2.05, 4.69) is 0 Å². The smallest absolute Gasteiger partial charge is 0.167 e. The zero-order chi connectivity index (χ0) is 10.2. The van der Waals surface area contributed by atoms with E-state index in [9.17, 15) is 15.3 Å². The molecule has 0 aromatic carbocycles. The number of aliphatic hydroxyl groups is 4. The van der Waals surface area contributed by atoms with Gasteiger partial charge in [0.2, 0.25) is 0 Å². The van der Waals surface area contributed by atoms with Gasteiger partial charge in [-0.05, 0) is 6.92 Å². The molecule has 0 radical (unpaired) electrons. The lowest BCUT2D eigenvalue weighted by Gasteiger charge is -2.43. The molecular formula is C7H13ClO5. The molecular weight excluding hydrogens is 200 g/mol. The maximum atomic E-state index is 9.34. The summed E-state index contributed by atoms with van der Waals surface area (Å²) in [5.74, 6) is 0. The van der Waals surface area contributed by atoms with Crippen LogP contribution >= 0.6 is 11.6 Å². The highest BCUT2D eigenvalue weighted by Crippen LogP contribution is 2.32. The fraction of sp³-hybridized carbons (Fsp3) is 1.00. The average molecular weight is 213 g/mol. The molecule has 5 atom stereocenters. The van der Waals surface area contributed by atoms with Crippen molar-refractivity contribution in [3.8, 4) is 0 Å². The average Bonchev–Trinajstić information content (AvgIpc) is 2.08. The summed E-state index contributed by atoms with van der Waals surface area (Å²) >= 11 is 5.70. The molecule has 1 heterocycles. The van der Waals surface area contributed by atoms with Crippen molar-refractivity contribution in [2.45, 2.75) is 36.4 Å². The quantitative estimate of drug-likeness (QED) is 0.394. The van der Waals surface area contributed by atoms with Gasteiger partial charge in [0.15, 0.2) is 5.06 Å². The predicted molar refractivity (Wildman–Crippen MR) is 44.2 cm³/mol. The molecule has 5 nitrogen and oxygen atoms in total. The number of alkyl halides is 1.